The number of nitrogens with zero attached hydrogens (tertiary/aromatic N) is 3. The Hall–Kier alpha value is -2.70. The number of nitrogens with one attached hydrogen (secondary N) is 2. The minimum Gasteiger partial charge on any atom is -0.486 e. The van der Waals surface area contributed by atoms with Gasteiger partial charge < -0.3 is 24.7 Å². The van der Waals surface area contributed by atoms with Crippen molar-refractivity contribution in [2.75, 3.05) is 19.7 Å². The summed E-state index contributed by atoms with van der Waals surface area (Å²) in [5, 5.41) is 6.61. The average Bonchev–Trinajstić information content (AvgIpc) is 3.10. The highest BCUT2D eigenvalue weighted by atomic mass is 16.6. The van der Waals surface area contributed by atoms with Crippen molar-refractivity contribution >= 4 is 5.96 Å². The lowest BCUT2D eigenvalue weighted by molar-refractivity contribution is 0.0936. The highest BCUT2D eigenvalue weighted by Crippen LogP contribution is 2.30. The van der Waals surface area contributed by atoms with Gasteiger partial charge in [0.2, 0.25) is 0 Å². The Balaban J connectivity index is 1.56. The van der Waals surface area contributed by atoms with Gasteiger partial charge in [-0.05, 0) is 25.0 Å². The summed E-state index contributed by atoms with van der Waals surface area (Å²) in [4.78, 5) is 9.10. The van der Waals surface area contributed by atoms with E-state index in [0.29, 0.717) is 25.6 Å². The second kappa shape index (κ2) is 9.30. The summed E-state index contributed by atoms with van der Waals surface area (Å²) in [6, 6.07) is 7.74. The van der Waals surface area contributed by atoms with Gasteiger partial charge in [0, 0.05) is 25.5 Å². The zero-order valence-corrected chi connectivity index (χ0v) is 16.3. The molecule has 2 heterocycles. The Morgan fingerprint density at radius 2 is 2.11 bits per heavy atom. The van der Waals surface area contributed by atoms with Crippen LogP contribution in [0.25, 0.3) is 0 Å². The lowest BCUT2D eigenvalue weighted by Gasteiger charge is -2.27. The SMILES string of the molecule is CCNC(=NCc1nccn1CC(C)C)NCC1COc2ccccc2O1. The summed E-state index contributed by atoms with van der Waals surface area (Å²) in [5.74, 6) is 3.87. The molecule has 27 heavy (non-hydrogen) atoms. The number of ether oxygens (including phenoxy) is 2. The van der Waals surface area contributed by atoms with Gasteiger partial charge in [-0.2, -0.15) is 0 Å². The first-order valence-corrected chi connectivity index (χ1v) is 9.56. The molecule has 0 aliphatic carbocycles. The molecule has 0 radical (unpaired) electrons. The van der Waals surface area contributed by atoms with E-state index in [1.54, 1.807) is 0 Å². The largest absolute Gasteiger partial charge is 0.486 e. The smallest absolute Gasteiger partial charge is 0.191 e. The second-order valence-electron chi connectivity index (χ2n) is 6.96. The van der Waals surface area contributed by atoms with Crippen LogP contribution in [0.15, 0.2) is 41.7 Å². The molecule has 1 aliphatic heterocycles. The first-order valence-electron chi connectivity index (χ1n) is 9.56. The number of hydrogen-bond donors (Lipinski definition) is 2. The molecule has 0 spiro atoms. The summed E-state index contributed by atoms with van der Waals surface area (Å²) in [6.45, 7) is 9.83. The number of fused-ring (bicyclic) bond motifs is 1. The van der Waals surface area contributed by atoms with Crippen molar-refractivity contribution in [3.05, 3.63) is 42.5 Å². The van der Waals surface area contributed by atoms with E-state index in [2.05, 4.69) is 39.0 Å². The van der Waals surface area contributed by atoms with Crippen LogP contribution in [0.3, 0.4) is 0 Å². The number of rotatable bonds is 7. The average molecular weight is 371 g/mol. The molecular formula is C20H29N5O2. The van der Waals surface area contributed by atoms with Gasteiger partial charge in [0.15, 0.2) is 17.5 Å². The predicted octanol–water partition coefficient (Wildman–Crippen LogP) is 2.43. The molecule has 3 rings (SSSR count). The highest BCUT2D eigenvalue weighted by molar-refractivity contribution is 5.79. The van der Waals surface area contributed by atoms with Crippen LogP contribution in [0.5, 0.6) is 11.5 Å². The maximum Gasteiger partial charge on any atom is 0.191 e. The number of aliphatic imine (C=N–C) groups is 1. The maximum atomic E-state index is 5.99. The molecule has 7 nitrogen and oxygen atoms in total. The number of para-hydroxylation sites is 2. The van der Waals surface area contributed by atoms with E-state index in [-0.39, 0.29) is 6.10 Å². The van der Waals surface area contributed by atoms with Gasteiger partial charge in [-0.25, -0.2) is 9.98 Å². The standard InChI is InChI=1S/C20H29N5O2/c1-4-21-20(24-12-19-22-9-10-25(19)13-15(2)3)23-11-16-14-26-17-7-5-6-8-18(17)27-16/h5-10,15-16H,4,11-14H2,1-3H3,(H2,21,23,24). The van der Waals surface area contributed by atoms with Crippen LogP contribution in [0.4, 0.5) is 0 Å². The minimum atomic E-state index is -0.0633. The Labute approximate surface area is 160 Å². The van der Waals surface area contributed by atoms with Gasteiger partial charge in [0.25, 0.3) is 0 Å². The Bertz CT molecular complexity index is 756. The van der Waals surface area contributed by atoms with Crippen LogP contribution >= 0.6 is 0 Å². The normalized spacial score (nSPS) is 16.4. The molecule has 0 saturated heterocycles. The fourth-order valence-electron chi connectivity index (χ4n) is 2.92. The molecule has 1 atom stereocenters. The third-order valence-electron chi connectivity index (χ3n) is 4.15. The zero-order valence-electron chi connectivity index (χ0n) is 16.3. The fraction of sp³-hybridized carbons (Fsp3) is 0.500. The molecule has 1 aromatic carbocycles. The molecule has 1 aliphatic rings. The molecule has 0 saturated carbocycles. The van der Waals surface area contributed by atoms with Gasteiger partial charge in [-0.15, -0.1) is 0 Å². The van der Waals surface area contributed by atoms with Crippen LogP contribution in [-0.2, 0) is 13.1 Å². The topological polar surface area (TPSA) is 72.7 Å². The van der Waals surface area contributed by atoms with Crippen molar-refractivity contribution in [2.45, 2.75) is 40.0 Å². The molecule has 0 fully saturated rings. The van der Waals surface area contributed by atoms with E-state index in [1.165, 1.54) is 0 Å². The molecule has 146 valence electrons. The van der Waals surface area contributed by atoms with E-state index in [4.69, 9.17) is 9.47 Å². The van der Waals surface area contributed by atoms with Gasteiger partial charge in [-0.3, -0.25) is 0 Å². The summed E-state index contributed by atoms with van der Waals surface area (Å²) in [7, 11) is 0. The predicted molar refractivity (Wildman–Crippen MR) is 106 cm³/mol. The van der Waals surface area contributed by atoms with Crippen LogP contribution in [0.1, 0.15) is 26.6 Å². The second-order valence-corrected chi connectivity index (χ2v) is 6.96. The third-order valence-corrected chi connectivity index (χ3v) is 4.15. The summed E-state index contributed by atoms with van der Waals surface area (Å²) >= 11 is 0. The molecule has 0 amide bonds. The number of aromatic nitrogens is 2. The third kappa shape index (κ3) is 5.39. The van der Waals surface area contributed by atoms with Crippen LogP contribution in [0, 0.1) is 5.92 Å². The summed E-state index contributed by atoms with van der Waals surface area (Å²) < 4.78 is 13.9. The van der Waals surface area contributed by atoms with Gasteiger partial charge >= 0.3 is 0 Å². The fourth-order valence-corrected chi connectivity index (χ4v) is 2.92. The van der Waals surface area contributed by atoms with Gasteiger partial charge in [0.05, 0.1) is 6.54 Å². The van der Waals surface area contributed by atoms with Crippen molar-refractivity contribution in [3.63, 3.8) is 0 Å². The van der Waals surface area contributed by atoms with Crippen LogP contribution < -0.4 is 20.1 Å². The van der Waals surface area contributed by atoms with Crippen molar-refractivity contribution in [2.24, 2.45) is 10.9 Å². The molecule has 7 heteroatoms. The number of guanidine groups is 1. The molecular weight excluding hydrogens is 342 g/mol. The number of benzene rings is 1. The minimum absolute atomic E-state index is 0.0633. The van der Waals surface area contributed by atoms with E-state index in [1.807, 2.05) is 43.6 Å². The molecule has 1 aromatic heterocycles. The van der Waals surface area contributed by atoms with E-state index in [9.17, 15) is 0 Å². The van der Waals surface area contributed by atoms with E-state index in [0.717, 1.165) is 36.4 Å². The van der Waals surface area contributed by atoms with Gasteiger partial charge in [0.1, 0.15) is 25.1 Å². The first kappa shape index (κ1) is 19.1. The maximum absolute atomic E-state index is 5.99. The number of imidazole rings is 1. The van der Waals surface area contributed by atoms with Crippen molar-refractivity contribution in [3.8, 4) is 11.5 Å². The van der Waals surface area contributed by atoms with Crippen molar-refractivity contribution in [1.82, 2.24) is 20.2 Å². The molecule has 2 aromatic rings. The molecule has 1 unspecified atom stereocenters. The van der Waals surface area contributed by atoms with Crippen LogP contribution in [-0.4, -0.2) is 41.3 Å². The Morgan fingerprint density at radius 3 is 2.89 bits per heavy atom. The lowest BCUT2D eigenvalue weighted by atomic mass is 10.2. The molecule has 0 bridgehead atoms. The highest BCUT2D eigenvalue weighted by Gasteiger charge is 2.20. The monoisotopic (exact) mass is 371 g/mol. The van der Waals surface area contributed by atoms with E-state index < -0.39 is 0 Å². The summed E-state index contributed by atoms with van der Waals surface area (Å²) in [6.07, 6.45) is 3.78. The van der Waals surface area contributed by atoms with Crippen molar-refractivity contribution in [1.29, 1.82) is 0 Å². The Morgan fingerprint density at radius 1 is 1.30 bits per heavy atom. The lowest BCUT2D eigenvalue weighted by Crippen LogP contribution is -2.45. The zero-order chi connectivity index (χ0) is 19.1. The molecule has 2 N–H and O–H groups in total. The Kier molecular flexibility index (Phi) is 6.57. The van der Waals surface area contributed by atoms with Gasteiger partial charge in [-0.1, -0.05) is 26.0 Å². The quantitative estimate of drug-likeness (QED) is 0.578. The first-order chi connectivity index (χ1) is 13.2. The van der Waals surface area contributed by atoms with E-state index >= 15 is 0 Å². The summed E-state index contributed by atoms with van der Waals surface area (Å²) in [5.41, 5.74) is 0. The van der Waals surface area contributed by atoms with Crippen LogP contribution in [0.2, 0.25) is 0 Å². The van der Waals surface area contributed by atoms with Crippen molar-refractivity contribution < 1.29 is 9.47 Å². The number of hydrogen-bond acceptors (Lipinski definition) is 4.